The summed E-state index contributed by atoms with van der Waals surface area (Å²) in [4.78, 5) is 35.1. The van der Waals surface area contributed by atoms with Gasteiger partial charge in [-0.3, -0.25) is 19.7 Å². The van der Waals surface area contributed by atoms with Crippen molar-refractivity contribution in [1.29, 1.82) is 0 Å². The van der Waals surface area contributed by atoms with Crippen LogP contribution in [-0.2, 0) is 9.59 Å². The summed E-state index contributed by atoms with van der Waals surface area (Å²) in [5.74, 6) is 0.286. The van der Waals surface area contributed by atoms with E-state index in [0.29, 0.717) is 27.5 Å². The van der Waals surface area contributed by atoms with Gasteiger partial charge in [0, 0.05) is 6.42 Å². The molecule has 0 unspecified atom stereocenters. The van der Waals surface area contributed by atoms with Crippen molar-refractivity contribution in [3.8, 4) is 5.75 Å². The molecule has 3 rings (SSSR count). The predicted molar refractivity (Wildman–Crippen MR) is 95.5 cm³/mol. The Kier molecular flexibility index (Phi) is 5.40. The molecule has 7 heteroatoms. The summed E-state index contributed by atoms with van der Waals surface area (Å²) in [5, 5.41) is 1.84. The second-order valence-corrected chi connectivity index (χ2v) is 7.74. The van der Waals surface area contributed by atoms with Gasteiger partial charge < -0.3 is 4.74 Å². The molecule has 0 radical (unpaired) electrons. The van der Waals surface area contributed by atoms with Crippen molar-refractivity contribution in [2.75, 3.05) is 0 Å². The average molecular weight is 410 g/mol. The first-order valence-electron chi connectivity index (χ1n) is 7.76. The number of esters is 1. The number of thioether (sulfide) groups is 1. The third-order valence-electron chi connectivity index (χ3n) is 4.05. The lowest BCUT2D eigenvalue weighted by molar-refractivity contribution is -0.135. The molecule has 0 atom stereocenters. The number of halogens is 1. The van der Waals surface area contributed by atoms with Crippen LogP contribution in [-0.4, -0.2) is 17.1 Å². The van der Waals surface area contributed by atoms with Gasteiger partial charge in [0.05, 0.1) is 9.38 Å². The van der Waals surface area contributed by atoms with Gasteiger partial charge in [0.1, 0.15) is 5.75 Å². The molecule has 1 saturated carbocycles. The molecule has 0 spiro atoms. The zero-order chi connectivity index (χ0) is 17.1. The van der Waals surface area contributed by atoms with Crippen molar-refractivity contribution < 1.29 is 19.1 Å². The molecule has 126 valence electrons. The molecule has 1 aliphatic carbocycles. The fourth-order valence-electron chi connectivity index (χ4n) is 2.88. The number of amides is 2. The van der Waals surface area contributed by atoms with Crippen LogP contribution in [0.3, 0.4) is 0 Å². The number of hydrogen-bond donors (Lipinski definition) is 1. The van der Waals surface area contributed by atoms with Crippen molar-refractivity contribution in [2.24, 2.45) is 5.92 Å². The SMILES string of the molecule is O=C(CC1CCCC1)Oc1ccc(/C=C2\SC(=O)NC2=O)cc1Br. The maximum Gasteiger partial charge on any atom is 0.311 e. The number of benzene rings is 1. The molecule has 0 aromatic heterocycles. The summed E-state index contributed by atoms with van der Waals surface area (Å²) in [6.45, 7) is 0. The standard InChI is InChI=1S/C17H16BrNO4S/c18-12-7-11(8-14-16(21)19-17(22)24-14)5-6-13(12)23-15(20)9-10-3-1-2-4-10/h5-8,10H,1-4,9H2,(H,19,21,22)/b14-8-. The molecule has 1 saturated heterocycles. The number of nitrogens with one attached hydrogen (secondary N) is 1. The topological polar surface area (TPSA) is 72.5 Å². The van der Waals surface area contributed by atoms with Gasteiger partial charge in [0.2, 0.25) is 0 Å². The van der Waals surface area contributed by atoms with Gasteiger partial charge in [-0.2, -0.15) is 0 Å². The third kappa shape index (κ3) is 4.27. The van der Waals surface area contributed by atoms with Gasteiger partial charge in [0.15, 0.2) is 0 Å². The van der Waals surface area contributed by atoms with E-state index in [1.165, 1.54) is 12.8 Å². The van der Waals surface area contributed by atoms with E-state index in [1.54, 1.807) is 24.3 Å². The molecule has 1 aromatic carbocycles. The lowest BCUT2D eigenvalue weighted by atomic mass is 10.0. The summed E-state index contributed by atoms with van der Waals surface area (Å²) < 4.78 is 6.06. The minimum atomic E-state index is -0.395. The molecule has 1 aromatic rings. The van der Waals surface area contributed by atoms with Crippen molar-refractivity contribution in [2.45, 2.75) is 32.1 Å². The number of hydrogen-bond acceptors (Lipinski definition) is 5. The molecular weight excluding hydrogens is 394 g/mol. The zero-order valence-corrected chi connectivity index (χ0v) is 15.2. The molecule has 0 bridgehead atoms. The number of carbonyl (C=O) groups is 3. The lowest BCUT2D eigenvalue weighted by Gasteiger charge is -2.10. The summed E-state index contributed by atoms with van der Waals surface area (Å²) >= 11 is 4.25. The first-order valence-corrected chi connectivity index (χ1v) is 9.37. The van der Waals surface area contributed by atoms with E-state index in [1.807, 2.05) is 0 Å². The number of ether oxygens (including phenoxy) is 1. The Morgan fingerprint density at radius 1 is 1.33 bits per heavy atom. The first kappa shape index (κ1) is 17.2. The van der Waals surface area contributed by atoms with Gasteiger partial charge in [-0.1, -0.05) is 18.9 Å². The Hall–Kier alpha value is -1.60. The quantitative estimate of drug-likeness (QED) is 0.456. The molecule has 1 N–H and O–H groups in total. The molecule has 2 fully saturated rings. The van der Waals surface area contributed by atoms with Gasteiger partial charge >= 0.3 is 5.97 Å². The summed E-state index contributed by atoms with van der Waals surface area (Å²) in [7, 11) is 0. The van der Waals surface area contributed by atoms with Crippen LogP contribution in [0.4, 0.5) is 4.79 Å². The second-order valence-electron chi connectivity index (χ2n) is 5.87. The highest BCUT2D eigenvalue weighted by atomic mass is 79.9. The third-order valence-corrected chi connectivity index (χ3v) is 5.48. The van der Waals surface area contributed by atoms with Crippen LogP contribution in [0.5, 0.6) is 5.75 Å². The number of imide groups is 1. The minimum absolute atomic E-state index is 0.218. The van der Waals surface area contributed by atoms with Gasteiger partial charge in [-0.05, 0) is 70.2 Å². The smallest absolute Gasteiger partial charge is 0.311 e. The fourth-order valence-corrected chi connectivity index (χ4v) is 4.04. The Bertz CT molecular complexity index is 725. The van der Waals surface area contributed by atoms with Crippen LogP contribution in [0, 0.1) is 5.92 Å². The summed E-state index contributed by atoms with van der Waals surface area (Å²) in [5.41, 5.74) is 0.741. The molecule has 24 heavy (non-hydrogen) atoms. The average Bonchev–Trinajstić information content (AvgIpc) is 3.12. The minimum Gasteiger partial charge on any atom is -0.425 e. The van der Waals surface area contributed by atoms with Crippen LogP contribution in [0.1, 0.15) is 37.7 Å². The highest BCUT2D eigenvalue weighted by Gasteiger charge is 2.25. The summed E-state index contributed by atoms with van der Waals surface area (Å²) in [6.07, 6.45) is 6.66. The Balaban J connectivity index is 1.66. The van der Waals surface area contributed by atoms with Gasteiger partial charge in [-0.25, -0.2) is 0 Å². The van der Waals surface area contributed by atoms with E-state index in [2.05, 4.69) is 21.2 Å². The van der Waals surface area contributed by atoms with Crippen molar-refractivity contribution >= 4 is 50.9 Å². The summed E-state index contributed by atoms with van der Waals surface area (Å²) in [6, 6.07) is 5.18. The Labute approximate surface area is 152 Å². The van der Waals surface area contributed by atoms with Crippen LogP contribution < -0.4 is 10.1 Å². The van der Waals surface area contributed by atoms with E-state index < -0.39 is 5.91 Å². The van der Waals surface area contributed by atoms with E-state index in [9.17, 15) is 14.4 Å². The van der Waals surface area contributed by atoms with E-state index in [0.717, 1.165) is 30.2 Å². The molecular formula is C17H16BrNO4S. The van der Waals surface area contributed by atoms with E-state index in [4.69, 9.17) is 4.74 Å². The van der Waals surface area contributed by atoms with Gasteiger partial charge in [-0.15, -0.1) is 0 Å². The number of rotatable bonds is 4. The zero-order valence-electron chi connectivity index (χ0n) is 12.8. The van der Waals surface area contributed by atoms with Crippen molar-refractivity contribution in [1.82, 2.24) is 5.32 Å². The predicted octanol–water partition coefficient (Wildman–Crippen LogP) is 4.26. The van der Waals surface area contributed by atoms with E-state index in [-0.39, 0.29) is 11.2 Å². The number of carbonyl (C=O) groups excluding carboxylic acids is 3. The Morgan fingerprint density at radius 3 is 2.71 bits per heavy atom. The molecule has 1 aliphatic heterocycles. The molecule has 5 nitrogen and oxygen atoms in total. The normalized spacial score (nSPS) is 19.8. The van der Waals surface area contributed by atoms with Crippen LogP contribution in [0.25, 0.3) is 6.08 Å². The van der Waals surface area contributed by atoms with Crippen molar-refractivity contribution in [3.05, 3.63) is 33.1 Å². The maximum atomic E-state index is 12.0. The largest absolute Gasteiger partial charge is 0.425 e. The van der Waals surface area contributed by atoms with Crippen LogP contribution in [0.15, 0.2) is 27.6 Å². The lowest BCUT2D eigenvalue weighted by Crippen LogP contribution is -2.17. The molecule has 2 aliphatic rings. The van der Waals surface area contributed by atoms with Crippen LogP contribution in [0.2, 0.25) is 0 Å². The monoisotopic (exact) mass is 409 g/mol. The molecule has 1 heterocycles. The van der Waals surface area contributed by atoms with Crippen LogP contribution >= 0.6 is 27.7 Å². The van der Waals surface area contributed by atoms with Crippen molar-refractivity contribution in [3.63, 3.8) is 0 Å². The van der Waals surface area contributed by atoms with Gasteiger partial charge in [0.25, 0.3) is 11.1 Å². The highest BCUT2D eigenvalue weighted by molar-refractivity contribution is 9.10. The fraction of sp³-hybridized carbons (Fsp3) is 0.353. The first-order chi connectivity index (χ1) is 11.5. The van der Waals surface area contributed by atoms with E-state index >= 15 is 0 Å². The highest BCUT2D eigenvalue weighted by Crippen LogP contribution is 2.32. The Morgan fingerprint density at radius 2 is 2.08 bits per heavy atom. The second kappa shape index (κ2) is 7.53. The molecule has 2 amide bonds. The maximum absolute atomic E-state index is 12.0.